The summed E-state index contributed by atoms with van der Waals surface area (Å²) in [6, 6.07) is 4.83. The van der Waals surface area contributed by atoms with E-state index in [9.17, 15) is 9.90 Å². The number of carbonyl (C=O) groups is 1. The van der Waals surface area contributed by atoms with Crippen LogP contribution in [0.2, 0.25) is 0 Å². The average molecular weight is 280 g/mol. The van der Waals surface area contributed by atoms with Gasteiger partial charge in [-0.25, -0.2) is 10.2 Å². The largest absolute Gasteiger partial charge is 0.507 e. The predicted molar refractivity (Wildman–Crippen MR) is 76.2 cm³/mol. The fourth-order valence-corrected chi connectivity index (χ4v) is 1.44. The van der Waals surface area contributed by atoms with Crippen LogP contribution < -0.4 is 10.2 Å². The number of hydrazone groups is 1. The van der Waals surface area contributed by atoms with Crippen LogP contribution in [0.5, 0.6) is 11.5 Å². The molecular formula is C14H20N2O4. The number of phenolic OH excluding ortho intramolecular Hbond substituents is 1. The maximum atomic E-state index is 11.5. The van der Waals surface area contributed by atoms with Crippen molar-refractivity contribution in [3.63, 3.8) is 0 Å². The SMILES string of the molecule is COc1ccc(/C(C)=N/NC(=O)OC(C)(C)C)c(O)c1. The maximum absolute atomic E-state index is 11.5. The second-order valence-corrected chi connectivity index (χ2v) is 5.19. The van der Waals surface area contributed by atoms with Gasteiger partial charge >= 0.3 is 6.09 Å². The highest BCUT2D eigenvalue weighted by Gasteiger charge is 2.15. The molecule has 6 nitrogen and oxygen atoms in total. The lowest BCUT2D eigenvalue weighted by Crippen LogP contribution is -2.30. The number of nitrogens with one attached hydrogen (secondary N) is 1. The van der Waals surface area contributed by atoms with E-state index in [-0.39, 0.29) is 5.75 Å². The molecule has 2 N–H and O–H groups in total. The first-order valence-corrected chi connectivity index (χ1v) is 6.13. The Hall–Kier alpha value is -2.24. The zero-order chi connectivity index (χ0) is 15.3. The van der Waals surface area contributed by atoms with Crippen molar-refractivity contribution in [3.05, 3.63) is 23.8 Å². The average Bonchev–Trinajstić information content (AvgIpc) is 2.33. The molecule has 1 rings (SSSR count). The molecule has 0 saturated carbocycles. The van der Waals surface area contributed by atoms with Gasteiger partial charge < -0.3 is 14.6 Å². The Bertz CT molecular complexity index is 518. The quantitative estimate of drug-likeness (QED) is 0.659. The van der Waals surface area contributed by atoms with E-state index in [1.807, 2.05) is 0 Å². The second-order valence-electron chi connectivity index (χ2n) is 5.19. The minimum atomic E-state index is -0.648. The highest BCUT2D eigenvalue weighted by molar-refractivity contribution is 6.01. The van der Waals surface area contributed by atoms with Crippen LogP contribution in [0.25, 0.3) is 0 Å². The van der Waals surface area contributed by atoms with Crippen molar-refractivity contribution in [2.45, 2.75) is 33.3 Å². The standard InChI is InChI=1S/C14H20N2O4/c1-9(15-16-13(18)20-14(2,3)4)11-7-6-10(19-5)8-12(11)17/h6-8,17H,1-5H3,(H,16,18)/b15-9+. The minimum Gasteiger partial charge on any atom is -0.507 e. The number of benzene rings is 1. The first-order valence-electron chi connectivity index (χ1n) is 6.13. The lowest BCUT2D eigenvalue weighted by atomic mass is 10.1. The van der Waals surface area contributed by atoms with Crippen molar-refractivity contribution in [1.82, 2.24) is 5.43 Å². The fraction of sp³-hybridized carbons (Fsp3) is 0.429. The van der Waals surface area contributed by atoms with Crippen LogP contribution in [0.1, 0.15) is 33.3 Å². The number of phenols is 1. The van der Waals surface area contributed by atoms with Crippen molar-refractivity contribution in [1.29, 1.82) is 0 Å². The molecule has 0 spiro atoms. The van der Waals surface area contributed by atoms with E-state index in [0.717, 1.165) is 0 Å². The van der Waals surface area contributed by atoms with Crippen LogP contribution in [-0.2, 0) is 4.74 Å². The third-order valence-electron chi connectivity index (χ3n) is 2.31. The van der Waals surface area contributed by atoms with Crippen molar-refractivity contribution in [2.75, 3.05) is 7.11 Å². The molecule has 1 aromatic carbocycles. The second kappa shape index (κ2) is 6.27. The van der Waals surface area contributed by atoms with Crippen LogP contribution in [-0.4, -0.2) is 29.6 Å². The summed E-state index contributed by atoms with van der Waals surface area (Å²) < 4.78 is 10.0. The summed E-state index contributed by atoms with van der Waals surface area (Å²) in [6.45, 7) is 6.95. The number of carbonyl (C=O) groups excluding carboxylic acids is 1. The monoisotopic (exact) mass is 280 g/mol. The van der Waals surface area contributed by atoms with E-state index in [2.05, 4.69) is 10.5 Å². The molecule has 1 amide bonds. The number of amides is 1. The Labute approximate surface area is 118 Å². The van der Waals surface area contributed by atoms with Gasteiger partial charge in [0.1, 0.15) is 17.1 Å². The summed E-state index contributed by atoms with van der Waals surface area (Å²) in [7, 11) is 1.51. The summed E-state index contributed by atoms with van der Waals surface area (Å²) in [5, 5.41) is 13.7. The van der Waals surface area contributed by atoms with E-state index in [1.54, 1.807) is 39.8 Å². The Balaban J connectivity index is 2.77. The molecule has 0 atom stereocenters. The number of aromatic hydroxyl groups is 1. The van der Waals surface area contributed by atoms with E-state index in [1.165, 1.54) is 13.2 Å². The fourth-order valence-electron chi connectivity index (χ4n) is 1.44. The van der Waals surface area contributed by atoms with E-state index in [4.69, 9.17) is 9.47 Å². The van der Waals surface area contributed by atoms with Gasteiger partial charge in [-0.05, 0) is 39.8 Å². The molecule has 0 unspecified atom stereocenters. The lowest BCUT2D eigenvalue weighted by Gasteiger charge is -2.18. The summed E-state index contributed by atoms with van der Waals surface area (Å²) in [4.78, 5) is 11.5. The Morgan fingerprint density at radius 1 is 1.35 bits per heavy atom. The van der Waals surface area contributed by atoms with E-state index in [0.29, 0.717) is 17.0 Å². The van der Waals surface area contributed by atoms with Crippen LogP contribution >= 0.6 is 0 Å². The molecule has 20 heavy (non-hydrogen) atoms. The number of methoxy groups -OCH3 is 1. The third kappa shape index (κ3) is 4.79. The van der Waals surface area contributed by atoms with Gasteiger partial charge in [-0.1, -0.05) is 0 Å². The maximum Gasteiger partial charge on any atom is 0.428 e. The van der Waals surface area contributed by atoms with Gasteiger partial charge in [-0.3, -0.25) is 0 Å². The molecule has 110 valence electrons. The van der Waals surface area contributed by atoms with E-state index < -0.39 is 11.7 Å². The zero-order valence-electron chi connectivity index (χ0n) is 12.4. The highest BCUT2D eigenvalue weighted by Crippen LogP contribution is 2.23. The van der Waals surface area contributed by atoms with Crippen LogP contribution in [0.4, 0.5) is 4.79 Å². The lowest BCUT2D eigenvalue weighted by molar-refractivity contribution is 0.0529. The molecule has 1 aromatic rings. The van der Waals surface area contributed by atoms with Crippen molar-refractivity contribution >= 4 is 11.8 Å². The molecule has 0 aliphatic carbocycles. The van der Waals surface area contributed by atoms with Crippen LogP contribution in [0.15, 0.2) is 23.3 Å². The molecule has 0 aliphatic heterocycles. The topological polar surface area (TPSA) is 80.2 Å². The molecule has 0 aliphatic rings. The van der Waals surface area contributed by atoms with Gasteiger partial charge in [0.15, 0.2) is 0 Å². The third-order valence-corrected chi connectivity index (χ3v) is 2.31. The summed E-state index contributed by atoms with van der Waals surface area (Å²) >= 11 is 0. The number of hydrogen-bond donors (Lipinski definition) is 2. The predicted octanol–water partition coefficient (Wildman–Crippen LogP) is 2.65. The summed E-state index contributed by atoms with van der Waals surface area (Å²) in [5.74, 6) is 0.566. The molecular weight excluding hydrogens is 260 g/mol. The van der Waals surface area contributed by atoms with Crippen molar-refractivity contribution in [3.8, 4) is 11.5 Å². The zero-order valence-corrected chi connectivity index (χ0v) is 12.4. The Morgan fingerprint density at radius 3 is 2.50 bits per heavy atom. The van der Waals surface area contributed by atoms with Gasteiger partial charge in [-0.2, -0.15) is 5.10 Å². The van der Waals surface area contributed by atoms with Gasteiger partial charge in [0.05, 0.1) is 12.8 Å². The van der Waals surface area contributed by atoms with Gasteiger partial charge in [0.2, 0.25) is 0 Å². The molecule has 0 fully saturated rings. The van der Waals surface area contributed by atoms with Crippen LogP contribution in [0.3, 0.4) is 0 Å². The van der Waals surface area contributed by atoms with Crippen LogP contribution in [0, 0.1) is 0 Å². The van der Waals surface area contributed by atoms with Gasteiger partial charge in [0, 0.05) is 11.6 Å². The van der Waals surface area contributed by atoms with E-state index >= 15 is 0 Å². The molecule has 0 saturated heterocycles. The molecule has 0 radical (unpaired) electrons. The van der Waals surface area contributed by atoms with Crippen molar-refractivity contribution in [2.24, 2.45) is 5.10 Å². The number of rotatable bonds is 3. The molecule has 6 heteroatoms. The smallest absolute Gasteiger partial charge is 0.428 e. The number of nitrogens with zero attached hydrogens (tertiary/aromatic N) is 1. The Morgan fingerprint density at radius 2 is 2.00 bits per heavy atom. The Kier molecular flexibility index (Phi) is 4.96. The highest BCUT2D eigenvalue weighted by atomic mass is 16.6. The van der Waals surface area contributed by atoms with Gasteiger partial charge in [0.25, 0.3) is 0 Å². The van der Waals surface area contributed by atoms with Gasteiger partial charge in [-0.15, -0.1) is 0 Å². The molecule has 0 aromatic heterocycles. The number of hydrogen-bond acceptors (Lipinski definition) is 5. The number of ether oxygens (including phenoxy) is 2. The minimum absolute atomic E-state index is 0.0246. The first-order chi connectivity index (χ1) is 9.23. The first kappa shape index (κ1) is 15.8. The normalized spacial score (nSPS) is 11.9. The summed E-state index contributed by atoms with van der Waals surface area (Å²) in [5.41, 5.74) is 2.65. The summed E-state index contributed by atoms with van der Waals surface area (Å²) in [6.07, 6.45) is -0.648. The van der Waals surface area contributed by atoms with Crippen molar-refractivity contribution < 1.29 is 19.4 Å². The molecule has 0 heterocycles. The molecule has 0 bridgehead atoms.